The summed E-state index contributed by atoms with van der Waals surface area (Å²) in [4.78, 5) is 0. The van der Waals surface area contributed by atoms with E-state index >= 15 is 0 Å². The minimum atomic E-state index is -0.532. The molecule has 1 atom stereocenters. The second-order valence-corrected chi connectivity index (χ2v) is 6.45. The lowest BCUT2D eigenvalue weighted by molar-refractivity contribution is 0.167. The summed E-state index contributed by atoms with van der Waals surface area (Å²) in [6, 6.07) is 5.85. The van der Waals surface area contributed by atoms with Gasteiger partial charge in [0.25, 0.3) is 0 Å². The zero-order valence-electron chi connectivity index (χ0n) is 12.2. The number of aliphatic hydroxyl groups is 1. The van der Waals surface area contributed by atoms with E-state index in [4.69, 9.17) is 23.2 Å². The van der Waals surface area contributed by atoms with Gasteiger partial charge in [-0.05, 0) is 30.5 Å². The van der Waals surface area contributed by atoms with E-state index in [0.29, 0.717) is 22.6 Å². The average Bonchev–Trinajstić information content (AvgIpc) is 2.40. The summed E-state index contributed by atoms with van der Waals surface area (Å²) >= 11 is 11.9. The number of halogens is 3. The minimum Gasteiger partial charge on any atom is -0.387 e. The maximum Gasteiger partial charge on any atom is 0.0915 e. The summed E-state index contributed by atoms with van der Waals surface area (Å²) in [6.45, 7) is 0.572. The zero-order chi connectivity index (χ0) is 14.4. The molecule has 0 aromatic heterocycles. The lowest BCUT2D eigenvalue weighted by Gasteiger charge is -2.23. The third-order valence-electron chi connectivity index (χ3n) is 4.03. The molecule has 2 N–H and O–H groups in total. The fourth-order valence-corrected chi connectivity index (χ4v) is 3.08. The molecule has 1 aliphatic rings. The molecule has 2 rings (SSSR count). The van der Waals surface area contributed by atoms with Crippen LogP contribution in [0, 0.1) is 0 Å². The van der Waals surface area contributed by atoms with Crippen LogP contribution in [-0.4, -0.2) is 17.7 Å². The van der Waals surface area contributed by atoms with Crippen molar-refractivity contribution in [2.24, 2.45) is 0 Å². The number of benzene rings is 1. The van der Waals surface area contributed by atoms with Crippen LogP contribution in [0.5, 0.6) is 0 Å². The van der Waals surface area contributed by atoms with Crippen molar-refractivity contribution in [1.82, 2.24) is 5.32 Å². The molecule has 1 saturated carbocycles. The summed E-state index contributed by atoms with van der Waals surface area (Å²) in [6.07, 6.45) is 8.54. The van der Waals surface area contributed by atoms with Crippen LogP contribution in [0.25, 0.3) is 0 Å². The Morgan fingerprint density at radius 3 is 2.29 bits per heavy atom. The van der Waals surface area contributed by atoms with E-state index in [2.05, 4.69) is 5.32 Å². The first-order chi connectivity index (χ1) is 9.66. The molecule has 21 heavy (non-hydrogen) atoms. The molecule has 0 radical (unpaired) electrons. The standard InChI is InChI=1S/C16H23Cl2NO.ClH/c17-14-9-8-12(10-15(14)18)16(20)11-19-13-6-4-2-1-3-5-7-13;/h8-10,13,16,19-20H,1-7,11H2;1H. The van der Waals surface area contributed by atoms with Crippen molar-refractivity contribution in [2.75, 3.05) is 6.54 Å². The van der Waals surface area contributed by atoms with Crippen LogP contribution in [0.4, 0.5) is 0 Å². The van der Waals surface area contributed by atoms with E-state index in [1.165, 1.54) is 44.9 Å². The molecule has 2 nitrogen and oxygen atoms in total. The predicted octanol–water partition coefficient (Wildman–Crippen LogP) is 5.15. The van der Waals surface area contributed by atoms with E-state index < -0.39 is 6.10 Å². The van der Waals surface area contributed by atoms with Crippen molar-refractivity contribution in [3.63, 3.8) is 0 Å². The van der Waals surface area contributed by atoms with Crippen LogP contribution < -0.4 is 5.32 Å². The van der Waals surface area contributed by atoms with Crippen LogP contribution in [0.2, 0.25) is 10.0 Å². The Morgan fingerprint density at radius 1 is 1.05 bits per heavy atom. The molecule has 0 saturated heterocycles. The molecule has 1 aromatic carbocycles. The second kappa shape index (κ2) is 9.91. The van der Waals surface area contributed by atoms with Gasteiger partial charge in [-0.25, -0.2) is 0 Å². The van der Waals surface area contributed by atoms with Gasteiger partial charge in [0.2, 0.25) is 0 Å². The fraction of sp³-hybridized carbons (Fsp3) is 0.625. The molecule has 0 amide bonds. The zero-order valence-corrected chi connectivity index (χ0v) is 14.5. The summed E-state index contributed by atoms with van der Waals surface area (Å²) in [5.74, 6) is 0. The molecule has 1 aromatic rings. The molecule has 1 unspecified atom stereocenters. The van der Waals surface area contributed by atoms with Gasteiger partial charge in [0, 0.05) is 12.6 Å². The van der Waals surface area contributed by atoms with Gasteiger partial charge in [-0.1, -0.05) is 61.4 Å². The van der Waals surface area contributed by atoms with Gasteiger partial charge in [0.05, 0.1) is 16.1 Å². The molecule has 5 heteroatoms. The number of aliphatic hydroxyl groups excluding tert-OH is 1. The Morgan fingerprint density at radius 2 is 1.67 bits per heavy atom. The Kier molecular flexibility index (Phi) is 9.00. The van der Waals surface area contributed by atoms with E-state index in [9.17, 15) is 5.11 Å². The fourth-order valence-electron chi connectivity index (χ4n) is 2.78. The molecule has 0 heterocycles. The quantitative estimate of drug-likeness (QED) is 0.785. The SMILES string of the molecule is Cl.OC(CNC1CCCCCCC1)c1ccc(Cl)c(Cl)c1. The lowest BCUT2D eigenvalue weighted by Crippen LogP contribution is -2.33. The van der Waals surface area contributed by atoms with Crippen molar-refractivity contribution < 1.29 is 5.11 Å². The van der Waals surface area contributed by atoms with Gasteiger partial charge in [0.15, 0.2) is 0 Å². The van der Waals surface area contributed by atoms with E-state index in [1.54, 1.807) is 12.1 Å². The summed E-state index contributed by atoms with van der Waals surface area (Å²) < 4.78 is 0. The number of rotatable bonds is 4. The van der Waals surface area contributed by atoms with Gasteiger partial charge >= 0.3 is 0 Å². The average molecular weight is 353 g/mol. The van der Waals surface area contributed by atoms with Crippen LogP contribution in [0.15, 0.2) is 18.2 Å². The summed E-state index contributed by atoms with van der Waals surface area (Å²) in [7, 11) is 0. The molecular formula is C16H24Cl3NO. The van der Waals surface area contributed by atoms with E-state index in [0.717, 1.165) is 5.56 Å². The highest BCUT2D eigenvalue weighted by atomic mass is 35.5. The highest BCUT2D eigenvalue weighted by Gasteiger charge is 2.14. The van der Waals surface area contributed by atoms with Crippen LogP contribution in [0.3, 0.4) is 0 Å². The number of nitrogens with one attached hydrogen (secondary N) is 1. The Hall–Kier alpha value is 0.01000. The number of hydrogen-bond donors (Lipinski definition) is 2. The van der Waals surface area contributed by atoms with Crippen LogP contribution in [-0.2, 0) is 0 Å². The van der Waals surface area contributed by atoms with E-state index in [1.807, 2.05) is 6.07 Å². The molecule has 1 aliphatic carbocycles. The van der Waals surface area contributed by atoms with E-state index in [-0.39, 0.29) is 12.4 Å². The second-order valence-electron chi connectivity index (χ2n) is 5.64. The summed E-state index contributed by atoms with van der Waals surface area (Å²) in [5, 5.41) is 14.7. The smallest absolute Gasteiger partial charge is 0.0915 e. The third-order valence-corrected chi connectivity index (χ3v) is 4.77. The van der Waals surface area contributed by atoms with Crippen molar-refractivity contribution in [1.29, 1.82) is 0 Å². The van der Waals surface area contributed by atoms with Crippen molar-refractivity contribution in [3.8, 4) is 0 Å². The largest absolute Gasteiger partial charge is 0.387 e. The first-order valence-electron chi connectivity index (χ1n) is 7.53. The monoisotopic (exact) mass is 351 g/mol. The predicted molar refractivity (Wildman–Crippen MR) is 92.8 cm³/mol. The van der Waals surface area contributed by atoms with Gasteiger partial charge < -0.3 is 10.4 Å². The highest BCUT2D eigenvalue weighted by Crippen LogP contribution is 2.25. The van der Waals surface area contributed by atoms with Crippen molar-refractivity contribution in [3.05, 3.63) is 33.8 Å². The normalized spacial score (nSPS) is 18.4. The van der Waals surface area contributed by atoms with Gasteiger partial charge in [-0.2, -0.15) is 0 Å². The van der Waals surface area contributed by atoms with Gasteiger partial charge in [0.1, 0.15) is 0 Å². The maximum atomic E-state index is 10.2. The Labute approximate surface area is 143 Å². The van der Waals surface area contributed by atoms with Crippen molar-refractivity contribution >= 4 is 35.6 Å². The molecular weight excluding hydrogens is 329 g/mol. The van der Waals surface area contributed by atoms with Gasteiger partial charge in [-0.3, -0.25) is 0 Å². The molecule has 0 spiro atoms. The van der Waals surface area contributed by atoms with Gasteiger partial charge in [-0.15, -0.1) is 12.4 Å². The van der Waals surface area contributed by atoms with Crippen LogP contribution in [0.1, 0.15) is 56.6 Å². The first-order valence-corrected chi connectivity index (χ1v) is 8.29. The van der Waals surface area contributed by atoms with Crippen molar-refractivity contribution in [2.45, 2.75) is 57.1 Å². The molecule has 0 aliphatic heterocycles. The first kappa shape index (κ1) is 19.1. The Bertz CT molecular complexity index is 420. The lowest BCUT2D eigenvalue weighted by atomic mass is 9.96. The molecule has 120 valence electrons. The summed E-state index contributed by atoms with van der Waals surface area (Å²) in [5.41, 5.74) is 0.817. The topological polar surface area (TPSA) is 32.3 Å². The maximum absolute atomic E-state index is 10.2. The van der Waals surface area contributed by atoms with Crippen LogP contribution >= 0.6 is 35.6 Å². The minimum absolute atomic E-state index is 0. The molecule has 0 bridgehead atoms. The molecule has 1 fully saturated rings. The third kappa shape index (κ3) is 6.33. The highest BCUT2D eigenvalue weighted by molar-refractivity contribution is 6.42. The Balaban J connectivity index is 0.00000220. The number of hydrogen-bond acceptors (Lipinski definition) is 2.